The van der Waals surface area contributed by atoms with Gasteiger partial charge in [-0.2, -0.15) is 0 Å². The molecule has 14 N–H and O–H groups in total. The third kappa shape index (κ3) is 11.1. The molecule has 38 heavy (non-hydrogen) atoms. The third-order valence-corrected chi connectivity index (χ3v) is 6.52. The Morgan fingerprint density at radius 1 is 0.316 bits per heavy atom. The molecule has 4 aliphatic rings. The molecule has 16 nitrogen and oxygen atoms in total. The number of ether oxygens (including phenoxy) is 2. The molecule has 0 spiro atoms. The van der Waals surface area contributed by atoms with Crippen molar-refractivity contribution in [2.75, 3.05) is 13.2 Å². The van der Waals surface area contributed by atoms with E-state index in [0.717, 1.165) is 12.8 Å². The predicted octanol–water partition coefficient (Wildman–Crippen LogP) is -6.66. The molecule has 2 aliphatic carbocycles. The zero-order chi connectivity index (χ0) is 29.2. The Hall–Kier alpha value is -0.640. The van der Waals surface area contributed by atoms with Crippen molar-refractivity contribution in [2.24, 2.45) is 0 Å². The lowest BCUT2D eigenvalue weighted by Gasteiger charge is -2.31. The SMILES string of the molecule is OC1OC[C@@H](O)[C@@H](O)[C@@H]1O.OC1OC[C@@H](O)[C@H](O)[C@@H]1O.OC1[C@H](O)CCC[C@H]1O.OC1[C@H](O)CCC[C@H]1O. The van der Waals surface area contributed by atoms with Gasteiger partial charge in [-0.1, -0.05) is 0 Å². The fourth-order valence-corrected chi connectivity index (χ4v) is 3.85. The second kappa shape index (κ2) is 17.2. The van der Waals surface area contributed by atoms with Crippen molar-refractivity contribution in [3.05, 3.63) is 0 Å². The molecule has 4 fully saturated rings. The highest BCUT2D eigenvalue weighted by atomic mass is 16.6. The highest BCUT2D eigenvalue weighted by molar-refractivity contribution is 4.82. The highest BCUT2D eigenvalue weighted by Crippen LogP contribution is 2.19. The quantitative estimate of drug-likeness (QED) is 0.130. The summed E-state index contributed by atoms with van der Waals surface area (Å²) in [5.74, 6) is 0. The minimum absolute atomic E-state index is 0.153. The van der Waals surface area contributed by atoms with E-state index in [2.05, 4.69) is 9.47 Å². The summed E-state index contributed by atoms with van der Waals surface area (Å²) in [6, 6.07) is 0. The average Bonchev–Trinajstić information content (AvgIpc) is 2.89. The second-order valence-corrected chi connectivity index (χ2v) is 9.66. The van der Waals surface area contributed by atoms with E-state index in [9.17, 15) is 0 Å². The molecule has 12 atom stereocenters. The maximum Gasteiger partial charge on any atom is 0.183 e. The maximum atomic E-state index is 8.95. The summed E-state index contributed by atoms with van der Waals surface area (Å²) in [7, 11) is 0. The van der Waals surface area contributed by atoms with Crippen LogP contribution in [0, 0.1) is 0 Å². The number of aliphatic hydroxyl groups excluding tert-OH is 14. The van der Waals surface area contributed by atoms with E-state index in [-0.39, 0.29) is 13.2 Å². The minimum Gasteiger partial charge on any atom is -0.390 e. The number of rotatable bonds is 0. The Morgan fingerprint density at radius 3 is 0.789 bits per heavy atom. The van der Waals surface area contributed by atoms with Crippen molar-refractivity contribution >= 4 is 0 Å². The monoisotopic (exact) mass is 564 g/mol. The first-order valence-electron chi connectivity index (χ1n) is 12.4. The van der Waals surface area contributed by atoms with Gasteiger partial charge in [-0.25, -0.2) is 0 Å². The Bertz CT molecular complexity index is 530. The van der Waals surface area contributed by atoms with Crippen LogP contribution in [0.25, 0.3) is 0 Å². The molecule has 2 aliphatic heterocycles. The van der Waals surface area contributed by atoms with Gasteiger partial charge in [-0.05, 0) is 38.5 Å². The summed E-state index contributed by atoms with van der Waals surface area (Å²) in [5, 5.41) is 124. The van der Waals surface area contributed by atoms with E-state index >= 15 is 0 Å². The van der Waals surface area contributed by atoms with Gasteiger partial charge in [0.2, 0.25) is 0 Å². The van der Waals surface area contributed by atoms with E-state index in [1.54, 1.807) is 0 Å². The van der Waals surface area contributed by atoms with Crippen molar-refractivity contribution < 1.29 is 81.0 Å². The summed E-state index contributed by atoms with van der Waals surface area (Å²) in [5.41, 5.74) is 0. The van der Waals surface area contributed by atoms with Gasteiger partial charge in [0.25, 0.3) is 0 Å². The number of hydrogen-bond donors (Lipinski definition) is 14. The van der Waals surface area contributed by atoms with Crippen molar-refractivity contribution in [3.63, 3.8) is 0 Å². The van der Waals surface area contributed by atoms with Crippen LogP contribution in [-0.4, -0.2) is 171 Å². The molecule has 2 saturated heterocycles. The van der Waals surface area contributed by atoms with Crippen molar-refractivity contribution in [1.82, 2.24) is 0 Å². The fraction of sp³-hybridized carbons (Fsp3) is 1.00. The van der Waals surface area contributed by atoms with Gasteiger partial charge in [0.1, 0.15) is 48.8 Å². The smallest absolute Gasteiger partial charge is 0.183 e. The van der Waals surface area contributed by atoms with Crippen LogP contribution in [0.4, 0.5) is 0 Å². The first-order chi connectivity index (χ1) is 17.7. The van der Waals surface area contributed by atoms with Gasteiger partial charge in [0, 0.05) is 0 Å². The second-order valence-electron chi connectivity index (χ2n) is 9.66. The van der Waals surface area contributed by atoms with E-state index < -0.39 is 85.8 Å². The summed E-state index contributed by atoms with van der Waals surface area (Å²) in [6.07, 6.45) is -11.1. The van der Waals surface area contributed by atoms with Crippen molar-refractivity contribution in [3.8, 4) is 0 Å². The summed E-state index contributed by atoms with van der Waals surface area (Å²) in [4.78, 5) is 0. The minimum atomic E-state index is -1.41. The fourth-order valence-electron chi connectivity index (χ4n) is 3.85. The van der Waals surface area contributed by atoms with E-state index in [1.165, 1.54) is 0 Å². The first kappa shape index (κ1) is 35.4. The normalized spacial score (nSPS) is 44.4. The molecule has 0 bridgehead atoms. The summed E-state index contributed by atoms with van der Waals surface area (Å²) in [6.45, 7) is -0.307. The molecule has 2 saturated carbocycles. The molecule has 0 amide bonds. The molecular formula is C22H44O16. The lowest BCUT2D eigenvalue weighted by Crippen LogP contribution is -2.52. The molecule has 2 heterocycles. The van der Waals surface area contributed by atoms with Gasteiger partial charge in [0.05, 0.1) is 37.6 Å². The topological polar surface area (TPSA) is 302 Å². The zero-order valence-corrected chi connectivity index (χ0v) is 20.8. The van der Waals surface area contributed by atoms with Gasteiger partial charge in [0.15, 0.2) is 12.6 Å². The van der Waals surface area contributed by atoms with Crippen LogP contribution in [0.15, 0.2) is 0 Å². The van der Waals surface area contributed by atoms with Crippen LogP contribution in [0.5, 0.6) is 0 Å². The summed E-state index contributed by atoms with van der Waals surface area (Å²) < 4.78 is 8.94. The van der Waals surface area contributed by atoms with E-state index in [0.29, 0.717) is 25.7 Å². The molecule has 0 aromatic heterocycles. The Balaban J connectivity index is 0.000000254. The van der Waals surface area contributed by atoms with Crippen LogP contribution in [0.1, 0.15) is 38.5 Å². The molecule has 16 heteroatoms. The van der Waals surface area contributed by atoms with Crippen LogP contribution in [0.3, 0.4) is 0 Å². The van der Waals surface area contributed by atoms with E-state index in [4.69, 9.17) is 71.5 Å². The molecule has 4 rings (SSSR count). The van der Waals surface area contributed by atoms with Gasteiger partial charge >= 0.3 is 0 Å². The maximum absolute atomic E-state index is 8.95. The lowest BCUT2D eigenvalue weighted by atomic mass is 9.92. The van der Waals surface area contributed by atoms with Gasteiger partial charge < -0.3 is 81.0 Å². The van der Waals surface area contributed by atoms with Gasteiger partial charge in [-0.15, -0.1) is 0 Å². The standard InChI is InChI=1S/2C6H12O3.2C5H10O5/c2*7-4-2-1-3-5(8)6(4)9;2*6-2-1-10-5(9)4(8)3(2)7/h2*4-9H,1-3H2;2*2-9H,1H2/t2*4-,5-;2-,3+,4+,5?;2-,3-,4+,5?/m1111/s1. The van der Waals surface area contributed by atoms with Crippen molar-refractivity contribution in [1.29, 1.82) is 0 Å². The van der Waals surface area contributed by atoms with Crippen LogP contribution < -0.4 is 0 Å². The number of hydrogen-bond acceptors (Lipinski definition) is 16. The highest BCUT2D eigenvalue weighted by Gasteiger charge is 2.37. The van der Waals surface area contributed by atoms with E-state index in [1.807, 2.05) is 0 Å². The lowest BCUT2D eigenvalue weighted by molar-refractivity contribution is -0.252. The van der Waals surface area contributed by atoms with Crippen molar-refractivity contribution in [2.45, 2.75) is 124 Å². The summed E-state index contributed by atoms with van der Waals surface area (Å²) >= 11 is 0. The molecule has 0 aromatic carbocycles. The zero-order valence-electron chi connectivity index (χ0n) is 20.8. The largest absolute Gasteiger partial charge is 0.390 e. The first-order valence-corrected chi connectivity index (χ1v) is 12.4. The van der Waals surface area contributed by atoms with Crippen LogP contribution in [-0.2, 0) is 9.47 Å². The molecule has 0 radical (unpaired) electrons. The third-order valence-electron chi connectivity index (χ3n) is 6.52. The molecular weight excluding hydrogens is 520 g/mol. The van der Waals surface area contributed by atoms with Crippen LogP contribution in [0.2, 0.25) is 0 Å². The van der Waals surface area contributed by atoms with Crippen LogP contribution >= 0.6 is 0 Å². The Kier molecular flexibility index (Phi) is 16.0. The Morgan fingerprint density at radius 2 is 0.579 bits per heavy atom. The number of aliphatic hydroxyl groups is 14. The van der Waals surface area contributed by atoms with Gasteiger partial charge in [-0.3, -0.25) is 0 Å². The predicted molar refractivity (Wildman–Crippen MR) is 124 cm³/mol. The Labute approximate surface area is 219 Å². The molecule has 2 unspecified atom stereocenters. The average molecular weight is 565 g/mol. The molecule has 0 aromatic rings. The molecule has 228 valence electrons.